The van der Waals surface area contributed by atoms with Gasteiger partial charge in [0.05, 0.1) is 15.9 Å². The molecule has 0 spiro atoms. The van der Waals surface area contributed by atoms with E-state index in [2.05, 4.69) is 15.9 Å². The first-order valence-corrected chi connectivity index (χ1v) is 7.20. The monoisotopic (exact) mass is 344 g/mol. The van der Waals surface area contributed by atoms with Gasteiger partial charge in [0.25, 0.3) is 0 Å². The molecule has 2 aromatic rings. The molecule has 0 fully saturated rings. The summed E-state index contributed by atoms with van der Waals surface area (Å²) in [4.78, 5) is 13.0. The molecular weight excluding hydrogens is 336 g/mol. The number of Topliss-reactive ketones (excluding diaryl/α,β-unsaturated/α-hetero) is 1. The van der Waals surface area contributed by atoms with E-state index in [1.807, 2.05) is 6.07 Å². The van der Waals surface area contributed by atoms with Crippen LogP contribution in [0.5, 0.6) is 5.75 Å². The van der Waals surface area contributed by atoms with Crippen molar-refractivity contribution in [2.75, 3.05) is 7.11 Å². The first kappa shape index (κ1) is 13.6. The van der Waals surface area contributed by atoms with Gasteiger partial charge in [-0.1, -0.05) is 11.6 Å². The standard InChI is InChI=1S/C13H10BrClO2S/c1-17-12-4-2-8(6-10(12)14)11(16)7-9-3-5-13(15)18-9/h2-6H,7H2,1H3. The highest BCUT2D eigenvalue weighted by Crippen LogP contribution is 2.27. The lowest BCUT2D eigenvalue weighted by atomic mass is 10.1. The molecule has 0 aliphatic heterocycles. The van der Waals surface area contributed by atoms with Crippen molar-refractivity contribution in [3.05, 3.63) is 49.6 Å². The maximum atomic E-state index is 12.1. The molecule has 0 radical (unpaired) electrons. The lowest BCUT2D eigenvalue weighted by molar-refractivity contribution is 0.0993. The van der Waals surface area contributed by atoms with E-state index >= 15 is 0 Å². The first-order chi connectivity index (χ1) is 8.60. The van der Waals surface area contributed by atoms with Crippen LogP contribution in [0.1, 0.15) is 15.2 Å². The average Bonchev–Trinajstić information content (AvgIpc) is 2.74. The summed E-state index contributed by atoms with van der Waals surface area (Å²) >= 11 is 10.6. The Bertz CT molecular complexity index is 580. The Kier molecular flexibility index (Phi) is 4.43. The minimum absolute atomic E-state index is 0.0665. The van der Waals surface area contributed by atoms with Crippen molar-refractivity contribution in [2.45, 2.75) is 6.42 Å². The Hall–Kier alpha value is -0.840. The zero-order valence-corrected chi connectivity index (χ0v) is 12.7. The highest BCUT2D eigenvalue weighted by molar-refractivity contribution is 9.10. The van der Waals surface area contributed by atoms with E-state index in [1.54, 1.807) is 31.4 Å². The molecule has 0 unspecified atom stereocenters. The van der Waals surface area contributed by atoms with Crippen molar-refractivity contribution >= 4 is 44.7 Å². The summed E-state index contributed by atoms with van der Waals surface area (Å²) in [6.45, 7) is 0. The van der Waals surface area contributed by atoms with Crippen LogP contribution in [0.2, 0.25) is 4.34 Å². The molecule has 0 N–H and O–H groups in total. The second kappa shape index (κ2) is 5.87. The molecule has 0 saturated carbocycles. The number of benzene rings is 1. The number of ether oxygens (including phenoxy) is 1. The second-order valence-electron chi connectivity index (χ2n) is 3.66. The minimum atomic E-state index is 0.0665. The van der Waals surface area contributed by atoms with Crippen LogP contribution in [-0.4, -0.2) is 12.9 Å². The predicted molar refractivity (Wildman–Crippen MR) is 78.1 cm³/mol. The van der Waals surface area contributed by atoms with Crippen LogP contribution in [0, 0.1) is 0 Å². The first-order valence-electron chi connectivity index (χ1n) is 5.21. The highest BCUT2D eigenvalue weighted by atomic mass is 79.9. The van der Waals surface area contributed by atoms with Crippen LogP contribution in [0.15, 0.2) is 34.8 Å². The fourth-order valence-electron chi connectivity index (χ4n) is 1.55. The molecule has 2 rings (SSSR count). The largest absolute Gasteiger partial charge is 0.496 e. The summed E-state index contributed by atoms with van der Waals surface area (Å²) in [6.07, 6.45) is 0.371. The smallest absolute Gasteiger partial charge is 0.168 e. The van der Waals surface area contributed by atoms with E-state index in [4.69, 9.17) is 16.3 Å². The maximum Gasteiger partial charge on any atom is 0.168 e. The Balaban J connectivity index is 2.16. The van der Waals surface area contributed by atoms with E-state index in [1.165, 1.54) is 11.3 Å². The summed E-state index contributed by atoms with van der Waals surface area (Å²) in [5, 5.41) is 0. The topological polar surface area (TPSA) is 26.3 Å². The van der Waals surface area contributed by atoms with E-state index in [-0.39, 0.29) is 5.78 Å². The maximum absolute atomic E-state index is 12.1. The number of halogens is 2. The molecule has 1 aromatic carbocycles. The highest BCUT2D eigenvalue weighted by Gasteiger charge is 2.11. The average molecular weight is 346 g/mol. The Labute approximate surface area is 123 Å². The molecule has 1 heterocycles. The Morgan fingerprint density at radius 3 is 2.72 bits per heavy atom. The van der Waals surface area contributed by atoms with E-state index in [0.29, 0.717) is 22.1 Å². The van der Waals surface area contributed by atoms with Gasteiger partial charge in [-0.3, -0.25) is 4.79 Å². The molecule has 5 heteroatoms. The lowest BCUT2D eigenvalue weighted by Crippen LogP contribution is -2.02. The SMILES string of the molecule is COc1ccc(C(=O)Cc2ccc(Cl)s2)cc1Br. The van der Waals surface area contributed by atoms with Gasteiger partial charge in [0.15, 0.2) is 5.78 Å². The third kappa shape index (κ3) is 3.13. The molecule has 0 aliphatic carbocycles. The number of thiophene rings is 1. The van der Waals surface area contributed by atoms with Gasteiger partial charge in [0.2, 0.25) is 0 Å². The van der Waals surface area contributed by atoms with Crippen LogP contribution < -0.4 is 4.74 Å². The molecule has 0 bridgehead atoms. The molecule has 0 atom stereocenters. The number of hydrogen-bond acceptors (Lipinski definition) is 3. The van der Waals surface area contributed by atoms with Crippen LogP contribution in [-0.2, 0) is 6.42 Å². The summed E-state index contributed by atoms with van der Waals surface area (Å²) in [5.74, 6) is 0.780. The van der Waals surface area contributed by atoms with Gasteiger partial charge in [0.1, 0.15) is 5.75 Å². The summed E-state index contributed by atoms with van der Waals surface area (Å²) in [7, 11) is 1.59. The van der Waals surface area contributed by atoms with E-state index in [0.717, 1.165) is 9.35 Å². The van der Waals surface area contributed by atoms with Crippen molar-refractivity contribution in [2.24, 2.45) is 0 Å². The number of carbonyl (C=O) groups excluding carboxylic acids is 1. The predicted octanol–water partition coefficient (Wildman–Crippen LogP) is 4.60. The number of rotatable bonds is 4. The van der Waals surface area contributed by atoms with Crippen LogP contribution in [0.3, 0.4) is 0 Å². The van der Waals surface area contributed by atoms with Crippen molar-refractivity contribution in [3.63, 3.8) is 0 Å². The third-order valence-corrected chi connectivity index (χ3v) is 4.29. The third-order valence-electron chi connectivity index (χ3n) is 2.44. The van der Waals surface area contributed by atoms with Crippen LogP contribution in [0.25, 0.3) is 0 Å². The van der Waals surface area contributed by atoms with Gasteiger partial charge in [-0.2, -0.15) is 0 Å². The van der Waals surface area contributed by atoms with Gasteiger partial charge in [-0.05, 0) is 46.3 Å². The quantitative estimate of drug-likeness (QED) is 0.757. The Morgan fingerprint density at radius 1 is 1.39 bits per heavy atom. The van der Waals surface area contributed by atoms with Crippen molar-refractivity contribution in [1.29, 1.82) is 0 Å². The summed E-state index contributed by atoms with van der Waals surface area (Å²) < 4.78 is 6.61. The number of ketones is 1. The fraction of sp³-hybridized carbons (Fsp3) is 0.154. The molecular formula is C13H10BrClO2S. The number of methoxy groups -OCH3 is 1. The molecule has 0 aliphatic rings. The van der Waals surface area contributed by atoms with Crippen molar-refractivity contribution < 1.29 is 9.53 Å². The van der Waals surface area contributed by atoms with E-state index in [9.17, 15) is 4.79 Å². The number of hydrogen-bond donors (Lipinski definition) is 0. The number of carbonyl (C=O) groups is 1. The molecule has 2 nitrogen and oxygen atoms in total. The molecule has 0 amide bonds. The van der Waals surface area contributed by atoms with Gasteiger partial charge >= 0.3 is 0 Å². The Morgan fingerprint density at radius 2 is 2.17 bits per heavy atom. The minimum Gasteiger partial charge on any atom is -0.496 e. The molecule has 18 heavy (non-hydrogen) atoms. The van der Waals surface area contributed by atoms with Gasteiger partial charge in [-0.15, -0.1) is 11.3 Å². The van der Waals surface area contributed by atoms with Gasteiger partial charge in [0, 0.05) is 16.9 Å². The fourth-order valence-corrected chi connectivity index (χ4v) is 3.17. The van der Waals surface area contributed by atoms with Crippen LogP contribution >= 0.6 is 38.9 Å². The van der Waals surface area contributed by atoms with Gasteiger partial charge < -0.3 is 4.74 Å². The van der Waals surface area contributed by atoms with Crippen molar-refractivity contribution in [1.82, 2.24) is 0 Å². The zero-order chi connectivity index (χ0) is 13.1. The normalized spacial score (nSPS) is 10.4. The molecule has 0 saturated heterocycles. The van der Waals surface area contributed by atoms with Crippen molar-refractivity contribution in [3.8, 4) is 5.75 Å². The van der Waals surface area contributed by atoms with E-state index < -0.39 is 0 Å². The zero-order valence-electron chi connectivity index (χ0n) is 9.57. The second-order valence-corrected chi connectivity index (χ2v) is 6.31. The lowest BCUT2D eigenvalue weighted by Gasteiger charge is -2.05. The molecule has 94 valence electrons. The summed E-state index contributed by atoms with van der Waals surface area (Å²) in [5.41, 5.74) is 0.659. The van der Waals surface area contributed by atoms with Crippen LogP contribution in [0.4, 0.5) is 0 Å². The molecule has 1 aromatic heterocycles. The van der Waals surface area contributed by atoms with Gasteiger partial charge in [-0.25, -0.2) is 0 Å². The summed E-state index contributed by atoms with van der Waals surface area (Å²) in [6, 6.07) is 9.00.